The van der Waals surface area contributed by atoms with E-state index in [0.29, 0.717) is 0 Å². The molecule has 0 spiro atoms. The molecular formula is C16H29ClN4O. The van der Waals surface area contributed by atoms with Gasteiger partial charge in [0, 0.05) is 52.8 Å². The van der Waals surface area contributed by atoms with Crippen molar-refractivity contribution in [1.29, 1.82) is 0 Å². The van der Waals surface area contributed by atoms with Crippen LogP contribution in [0.3, 0.4) is 0 Å². The molecule has 0 aliphatic heterocycles. The third kappa shape index (κ3) is 6.71. The Morgan fingerprint density at radius 1 is 1.41 bits per heavy atom. The van der Waals surface area contributed by atoms with E-state index in [2.05, 4.69) is 17.1 Å². The summed E-state index contributed by atoms with van der Waals surface area (Å²) in [5, 5.41) is 4.11. The highest BCUT2D eigenvalue weighted by atomic mass is 35.5. The normalized spacial score (nSPS) is 11.8. The Kier molecular flexibility index (Phi) is 9.01. The molecule has 0 aliphatic carbocycles. The highest BCUT2D eigenvalue weighted by molar-refractivity contribution is 6.30. The van der Waals surface area contributed by atoms with E-state index in [1.54, 1.807) is 7.11 Å². The summed E-state index contributed by atoms with van der Waals surface area (Å²) in [5.41, 5.74) is 1.16. The fraction of sp³-hybridized carbons (Fsp3) is 0.688. The zero-order valence-corrected chi connectivity index (χ0v) is 15.0. The summed E-state index contributed by atoms with van der Waals surface area (Å²) in [7, 11) is 5.80. The Morgan fingerprint density at radius 3 is 2.77 bits per heavy atom. The topological polar surface area (TPSA) is 41.8 Å². The van der Waals surface area contributed by atoms with E-state index in [0.717, 1.165) is 62.2 Å². The summed E-state index contributed by atoms with van der Waals surface area (Å²) in [6.07, 6.45) is 5.25. The summed E-state index contributed by atoms with van der Waals surface area (Å²) in [6, 6.07) is 1.99. The highest BCUT2D eigenvalue weighted by Crippen LogP contribution is 2.14. The summed E-state index contributed by atoms with van der Waals surface area (Å²) >= 11 is 6.04. The number of hydrogen-bond acceptors (Lipinski definition) is 2. The lowest BCUT2D eigenvalue weighted by Crippen LogP contribution is -2.38. The van der Waals surface area contributed by atoms with Crippen LogP contribution in [0.4, 0.5) is 0 Å². The number of aliphatic imine (C=N–C) groups is 1. The molecule has 1 aromatic heterocycles. The number of aryl methyl sites for hydroxylation is 1. The first kappa shape index (κ1) is 18.8. The molecule has 0 bridgehead atoms. The fourth-order valence-corrected chi connectivity index (χ4v) is 2.50. The second-order valence-electron chi connectivity index (χ2n) is 5.41. The van der Waals surface area contributed by atoms with Crippen LogP contribution >= 0.6 is 11.6 Å². The molecule has 6 heteroatoms. The largest absolute Gasteiger partial charge is 0.385 e. The van der Waals surface area contributed by atoms with E-state index in [9.17, 15) is 0 Å². The van der Waals surface area contributed by atoms with E-state index < -0.39 is 0 Å². The van der Waals surface area contributed by atoms with Crippen LogP contribution in [0.25, 0.3) is 0 Å². The molecule has 1 rings (SSSR count). The van der Waals surface area contributed by atoms with Crippen molar-refractivity contribution in [3.8, 4) is 0 Å². The number of nitrogens with zero attached hydrogens (tertiary/aromatic N) is 3. The van der Waals surface area contributed by atoms with Crippen molar-refractivity contribution < 1.29 is 4.74 Å². The van der Waals surface area contributed by atoms with Gasteiger partial charge in [0.05, 0.1) is 11.6 Å². The van der Waals surface area contributed by atoms with Crippen LogP contribution in [0.5, 0.6) is 0 Å². The summed E-state index contributed by atoms with van der Waals surface area (Å²) in [4.78, 5) is 6.82. The zero-order valence-electron chi connectivity index (χ0n) is 14.2. The average Bonchev–Trinajstić information content (AvgIpc) is 2.79. The first-order valence-electron chi connectivity index (χ1n) is 7.87. The van der Waals surface area contributed by atoms with Crippen molar-refractivity contribution in [2.75, 3.05) is 33.9 Å². The number of ether oxygens (including phenoxy) is 1. The van der Waals surface area contributed by atoms with Crippen molar-refractivity contribution in [3.05, 3.63) is 23.0 Å². The van der Waals surface area contributed by atoms with Gasteiger partial charge in [-0.25, -0.2) is 0 Å². The van der Waals surface area contributed by atoms with E-state index in [-0.39, 0.29) is 0 Å². The first-order valence-corrected chi connectivity index (χ1v) is 8.25. The second-order valence-corrected chi connectivity index (χ2v) is 5.84. The Hall–Kier alpha value is -1.20. The Bertz CT molecular complexity index is 459. The van der Waals surface area contributed by atoms with Crippen LogP contribution in [0.15, 0.2) is 17.3 Å². The molecule has 126 valence electrons. The molecular weight excluding hydrogens is 300 g/mol. The summed E-state index contributed by atoms with van der Waals surface area (Å²) in [5.74, 6) is 0.937. The van der Waals surface area contributed by atoms with Gasteiger partial charge in [0.15, 0.2) is 5.96 Å². The van der Waals surface area contributed by atoms with Crippen LogP contribution < -0.4 is 5.32 Å². The molecule has 1 heterocycles. The number of halogens is 1. The van der Waals surface area contributed by atoms with E-state index >= 15 is 0 Å². The molecule has 0 fully saturated rings. The minimum atomic E-state index is 0.769. The maximum absolute atomic E-state index is 6.04. The third-order valence-corrected chi connectivity index (χ3v) is 3.64. The predicted octanol–water partition coefficient (Wildman–Crippen LogP) is 2.89. The number of unbranched alkanes of at least 4 members (excludes halogenated alkanes) is 2. The van der Waals surface area contributed by atoms with E-state index in [1.165, 1.54) is 0 Å². The molecule has 0 unspecified atom stereocenters. The molecule has 22 heavy (non-hydrogen) atoms. The Balaban J connectivity index is 2.51. The maximum atomic E-state index is 6.04. The van der Waals surface area contributed by atoms with Crippen LogP contribution in [-0.4, -0.2) is 49.3 Å². The lowest BCUT2D eigenvalue weighted by atomic mass is 10.2. The number of guanidine groups is 1. The third-order valence-electron chi connectivity index (χ3n) is 3.44. The van der Waals surface area contributed by atoms with Crippen molar-refractivity contribution in [2.45, 2.75) is 32.7 Å². The van der Waals surface area contributed by atoms with Gasteiger partial charge in [-0.05, 0) is 32.3 Å². The van der Waals surface area contributed by atoms with Crippen LogP contribution in [0.1, 0.15) is 31.9 Å². The standard InChI is InChI=1S/C16H29ClN4O/c1-5-18-16(19-9-7-6-8-10-22-4)21(3)13-15-11-14(17)12-20(15)2/h11-12H,5-10,13H2,1-4H3,(H,18,19). The molecule has 5 nitrogen and oxygen atoms in total. The van der Waals surface area contributed by atoms with Crippen LogP contribution in [0.2, 0.25) is 5.02 Å². The van der Waals surface area contributed by atoms with Crippen LogP contribution in [-0.2, 0) is 18.3 Å². The molecule has 1 N–H and O–H groups in total. The number of hydrogen-bond donors (Lipinski definition) is 1. The first-order chi connectivity index (χ1) is 10.6. The van der Waals surface area contributed by atoms with Crippen molar-refractivity contribution in [1.82, 2.24) is 14.8 Å². The van der Waals surface area contributed by atoms with E-state index in [1.807, 2.05) is 30.9 Å². The van der Waals surface area contributed by atoms with Crippen molar-refractivity contribution >= 4 is 17.6 Å². The van der Waals surface area contributed by atoms with Gasteiger partial charge in [0.2, 0.25) is 0 Å². The van der Waals surface area contributed by atoms with Gasteiger partial charge in [-0.1, -0.05) is 11.6 Å². The molecule has 0 saturated heterocycles. The van der Waals surface area contributed by atoms with Crippen molar-refractivity contribution in [3.63, 3.8) is 0 Å². The maximum Gasteiger partial charge on any atom is 0.194 e. The minimum Gasteiger partial charge on any atom is -0.385 e. The van der Waals surface area contributed by atoms with Gasteiger partial charge in [-0.2, -0.15) is 0 Å². The summed E-state index contributed by atoms with van der Waals surface area (Å²) in [6.45, 7) is 5.39. The monoisotopic (exact) mass is 328 g/mol. The average molecular weight is 329 g/mol. The van der Waals surface area contributed by atoms with Gasteiger partial charge in [-0.3, -0.25) is 4.99 Å². The number of rotatable bonds is 9. The number of methoxy groups -OCH3 is 1. The van der Waals surface area contributed by atoms with Gasteiger partial charge < -0.3 is 19.5 Å². The number of nitrogens with one attached hydrogen (secondary N) is 1. The quantitative estimate of drug-likeness (QED) is 0.430. The fourth-order valence-electron chi connectivity index (χ4n) is 2.23. The van der Waals surface area contributed by atoms with E-state index in [4.69, 9.17) is 21.3 Å². The Labute approximate surface area is 139 Å². The van der Waals surface area contributed by atoms with Gasteiger partial charge >= 0.3 is 0 Å². The van der Waals surface area contributed by atoms with Crippen molar-refractivity contribution in [2.24, 2.45) is 12.0 Å². The molecule has 0 aromatic carbocycles. The molecule has 0 radical (unpaired) electrons. The number of aromatic nitrogens is 1. The smallest absolute Gasteiger partial charge is 0.194 e. The lowest BCUT2D eigenvalue weighted by molar-refractivity contribution is 0.192. The summed E-state index contributed by atoms with van der Waals surface area (Å²) < 4.78 is 7.11. The van der Waals surface area contributed by atoms with Crippen LogP contribution in [0, 0.1) is 0 Å². The SMILES string of the molecule is CCNC(=NCCCCCOC)N(C)Cc1cc(Cl)cn1C. The molecule has 0 amide bonds. The van der Waals surface area contributed by atoms with Gasteiger partial charge in [-0.15, -0.1) is 0 Å². The minimum absolute atomic E-state index is 0.769. The predicted molar refractivity (Wildman–Crippen MR) is 93.6 cm³/mol. The van der Waals surface area contributed by atoms with Gasteiger partial charge in [0.1, 0.15) is 0 Å². The molecule has 1 aromatic rings. The molecule has 0 atom stereocenters. The lowest BCUT2D eigenvalue weighted by Gasteiger charge is -2.22. The second kappa shape index (κ2) is 10.5. The molecule has 0 aliphatic rings. The highest BCUT2D eigenvalue weighted by Gasteiger charge is 2.09. The van der Waals surface area contributed by atoms with Gasteiger partial charge in [0.25, 0.3) is 0 Å². The zero-order chi connectivity index (χ0) is 16.4. The Morgan fingerprint density at radius 2 is 2.18 bits per heavy atom. The molecule has 0 saturated carbocycles.